The number of thiocarbonyl (C=S) groups is 1. The molecule has 0 aliphatic carbocycles. The fourth-order valence-corrected chi connectivity index (χ4v) is 4.99. The van der Waals surface area contributed by atoms with Crippen molar-refractivity contribution in [3.05, 3.63) is 34.4 Å². The van der Waals surface area contributed by atoms with Crippen LogP contribution in [0.1, 0.15) is 0 Å². The standard InChI is InChI=1S/C11H11N3O4S2/c15-14(16)9-4-2-1-3-8(9)13-10-6-20(17,18)5-7(10)12-11(13)19/h1-4,7,10H,5-6H2,(H,12,19). The van der Waals surface area contributed by atoms with Gasteiger partial charge in [-0.1, -0.05) is 12.1 Å². The maximum absolute atomic E-state index is 11.7. The number of anilines is 1. The van der Waals surface area contributed by atoms with Gasteiger partial charge in [0.1, 0.15) is 5.69 Å². The van der Waals surface area contributed by atoms with Crippen LogP contribution in [0.3, 0.4) is 0 Å². The van der Waals surface area contributed by atoms with E-state index in [4.69, 9.17) is 12.2 Å². The Labute approximate surface area is 120 Å². The summed E-state index contributed by atoms with van der Waals surface area (Å²) < 4.78 is 23.4. The summed E-state index contributed by atoms with van der Waals surface area (Å²) >= 11 is 5.20. The van der Waals surface area contributed by atoms with Gasteiger partial charge in [-0.2, -0.15) is 0 Å². The first-order valence-electron chi connectivity index (χ1n) is 5.92. The molecule has 0 radical (unpaired) electrons. The predicted octanol–water partition coefficient (Wildman–Crippen LogP) is 0.455. The van der Waals surface area contributed by atoms with Gasteiger partial charge in [-0.15, -0.1) is 0 Å². The van der Waals surface area contributed by atoms with E-state index >= 15 is 0 Å². The van der Waals surface area contributed by atoms with E-state index in [0.717, 1.165) is 0 Å². The van der Waals surface area contributed by atoms with Gasteiger partial charge in [-0.05, 0) is 18.3 Å². The monoisotopic (exact) mass is 313 g/mol. The Kier molecular flexibility index (Phi) is 2.91. The van der Waals surface area contributed by atoms with Crippen LogP contribution >= 0.6 is 12.2 Å². The summed E-state index contributed by atoms with van der Waals surface area (Å²) in [5.41, 5.74) is 0.251. The third kappa shape index (κ3) is 2.02. The molecule has 2 atom stereocenters. The number of sulfone groups is 1. The molecular weight excluding hydrogens is 302 g/mol. The molecule has 0 amide bonds. The molecule has 1 aromatic carbocycles. The van der Waals surface area contributed by atoms with Crippen molar-refractivity contribution in [2.45, 2.75) is 12.1 Å². The van der Waals surface area contributed by atoms with E-state index in [1.165, 1.54) is 6.07 Å². The first-order chi connectivity index (χ1) is 9.39. The predicted molar refractivity (Wildman–Crippen MR) is 77.5 cm³/mol. The molecule has 0 spiro atoms. The van der Waals surface area contributed by atoms with Gasteiger partial charge in [-0.3, -0.25) is 10.1 Å². The summed E-state index contributed by atoms with van der Waals surface area (Å²) in [6, 6.07) is 5.52. The van der Waals surface area contributed by atoms with Crippen LogP contribution in [-0.4, -0.2) is 42.0 Å². The zero-order valence-electron chi connectivity index (χ0n) is 10.2. The first-order valence-corrected chi connectivity index (χ1v) is 8.15. The van der Waals surface area contributed by atoms with Crippen LogP contribution in [0.2, 0.25) is 0 Å². The highest BCUT2D eigenvalue weighted by Crippen LogP contribution is 2.35. The topological polar surface area (TPSA) is 92.6 Å². The number of nitrogens with zero attached hydrogens (tertiary/aromatic N) is 2. The molecule has 2 aliphatic rings. The highest BCUT2D eigenvalue weighted by Gasteiger charge is 2.48. The van der Waals surface area contributed by atoms with Crippen molar-refractivity contribution < 1.29 is 13.3 Å². The molecule has 2 heterocycles. The number of nitrogens with one attached hydrogen (secondary N) is 1. The minimum Gasteiger partial charge on any atom is -0.356 e. The van der Waals surface area contributed by atoms with Crippen LogP contribution in [0.25, 0.3) is 0 Å². The maximum Gasteiger partial charge on any atom is 0.292 e. The number of hydrogen-bond donors (Lipinski definition) is 1. The molecule has 1 aromatic rings. The molecule has 0 bridgehead atoms. The van der Waals surface area contributed by atoms with Crippen molar-refractivity contribution in [2.75, 3.05) is 16.4 Å². The van der Waals surface area contributed by atoms with Gasteiger partial charge in [-0.25, -0.2) is 8.42 Å². The van der Waals surface area contributed by atoms with Gasteiger partial charge >= 0.3 is 0 Å². The van der Waals surface area contributed by atoms with Crippen molar-refractivity contribution >= 4 is 38.5 Å². The molecule has 7 nitrogen and oxygen atoms in total. The van der Waals surface area contributed by atoms with Crippen molar-refractivity contribution in [1.29, 1.82) is 0 Å². The maximum atomic E-state index is 11.7. The molecule has 0 aromatic heterocycles. The van der Waals surface area contributed by atoms with Crippen molar-refractivity contribution in [1.82, 2.24) is 5.32 Å². The van der Waals surface area contributed by atoms with E-state index in [9.17, 15) is 18.5 Å². The Morgan fingerprint density at radius 1 is 1.35 bits per heavy atom. The second-order valence-corrected chi connectivity index (χ2v) is 7.36. The summed E-state index contributed by atoms with van der Waals surface area (Å²) in [6.07, 6.45) is 0. The largest absolute Gasteiger partial charge is 0.356 e. The van der Waals surface area contributed by atoms with Gasteiger partial charge in [0.05, 0.1) is 28.5 Å². The highest BCUT2D eigenvalue weighted by atomic mass is 32.2. The lowest BCUT2D eigenvalue weighted by Gasteiger charge is -2.22. The number of hydrogen-bond acceptors (Lipinski definition) is 5. The number of para-hydroxylation sites is 2. The Morgan fingerprint density at radius 3 is 2.75 bits per heavy atom. The Morgan fingerprint density at radius 2 is 2.05 bits per heavy atom. The van der Waals surface area contributed by atoms with Crippen LogP contribution in [0, 0.1) is 10.1 Å². The molecule has 2 unspecified atom stereocenters. The van der Waals surface area contributed by atoms with Crippen molar-refractivity contribution in [3.63, 3.8) is 0 Å². The summed E-state index contributed by atoms with van der Waals surface area (Å²) in [6.45, 7) is 0. The summed E-state index contributed by atoms with van der Waals surface area (Å²) in [7, 11) is -3.14. The average Bonchev–Trinajstić information content (AvgIpc) is 2.79. The van der Waals surface area contributed by atoms with Gasteiger partial charge in [0.2, 0.25) is 0 Å². The van der Waals surface area contributed by atoms with Crippen LogP contribution in [0.4, 0.5) is 11.4 Å². The summed E-state index contributed by atoms with van der Waals surface area (Å²) in [4.78, 5) is 12.2. The molecule has 2 fully saturated rings. The van der Waals surface area contributed by atoms with E-state index < -0.39 is 14.8 Å². The molecular formula is C11H11N3O4S2. The lowest BCUT2D eigenvalue weighted by molar-refractivity contribution is -0.384. The molecule has 2 aliphatic heterocycles. The van der Waals surface area contributed by atoms with Crippen molar-refractivity contribution in [2.24, 2.45) is 0 Å². The van der Waals surface area contributed by atoms with Crippen LogP contribution in [0.15, 0.2) is 24.3 Å². The minimum absolute atomic E-state index is 0.00887. The van der Waals surface area contributed by atoms with E-state index in [0.29, 0.717) is 10.8 Å². The molecule has 1 N–H and O–H groups in total. The molecule has 0 saturated carbocycles. The fraction of sp³-hybridized carbons (Fsp3) is 0.364. The fourth-order valence-electron chi connectivity index (χ4n) is 2.71. The number of fused-ring (bicyclic) bond motifs is 1. The van der Waals surface area contributed by atoms with E-state index in [1.807, 2.05) is 0 Å². The van der Waals surface area contributed by atoms with E-state index in [-0.39, 0.29) is 29.3 Å². The third-order valence-corrected chi connectivity index (χ3v) is 5.55. The lowest BCUT2D eigenvalue weighted by atomic mass is 10.1. The Bertz CT molecular complexity index is 703. The highest BCUT2D eigenvalue weighted by molar-refractivity contribution is 7.91. The van der Waals surface area contributed by atoms with E-state index in [2.05, 4.69) is 5.32 Å². The number of nitro groups is 1. The van der Waals surface area contributed by atoms with Crippen LogP contribution < -0.4 is 10.2 Å². The normalized spacial score (nSPS) is 27.2. The smallest absolute Gasteiger partial charge is 0.292 e. The Hall–Kier alpha value is -1.74. The third-order valence-electron chi connectivity index (χ3n) is 3.52. The van der Waals surface area contributed by atoms with Gasteiger partial charge in [0, 0.05) is 6.07 Å². The number of nitro benzene ring substituents is 1. The van der Waals surface area contributed by atoms with Crippen LogP contribution in [0.5, 0.6) is 0 Å². The summed E-state index contributed by atoms with van der Waals surface area (Å²) in [5, 5.41) is 14.4. The lowest BCUT2D eigenvalue weighted by Crippen LogP contribution is -2.37. The quantitative estimate of drug-likeness (QED) is 0.481. The van der Waals surface area contributed by atoms with E-state index in [1.54, 1.807) is 23.1 Å². The average molecular weight is 313 g/mol. The Balaban J connectivity index is 2.06. The zero-order chi connectivity index (χ0) is 14.5. The number of rotatable bonds is 2. The van der Waals surface area contributed by atoms with Gasteiger partial charge in [0.15, 0.2) is 14.9 Å². The first kappa shape index (κ1) is 13.3. The molecule has 9 heteroatoms. The number of benzene rings is 1. The van der Waals surface area contributed by atoms with Crippen molar-refractivity contribution in [3.8, 4) is 0 Å². The van der Waals surface area contributed by atoms with Gasteiger partial charge in [0.25, 0.3) is 5.69 Å². The molecule has 20 heavy (non-hydrogen) atoms. The molecule has 2 saturated heterocycles. The zero-order valence-corrected chi connectivity index (χ0v) is 11.9. The van der Waals surface area contributed by atoms with Gasteiger partial charge < -0.3 is 10.2 Å². The van der Waals surface area contributed by atoms with Crippen LogP contribution in [-0.2, 0) is 9.84 Å². The second kappa shape index (κ2) is 4.38. The molecule has 106 valence electrons. The minimum atomic E-state index is -3.14. The second-order valence-electron chi connectivity index (χ2n) is 4.82. The molecule has 3 rings (SSSR count). The SMILES string of the molecule is O=[N+]([O-])c1ccccc1N1C(=S)NC2CS(=O)(=O)CC21. The summed E-state index contributed by atoms with van der Waals surface area (Å²) in [5.74, 6) is -0.0359.